The van der Waals surface area contributed by atoms with Gasteiger partial charge in [0.15, 0.2) is 0 Å². The molecule has 0 saturated carbocycles. The SMILES string of the molecule is CCOCCCNC(=O)c1ccccc1NS(C)(=O)=O. The minimum atomic E-state index is -3.42. The summed E-state index contributed by atoms with van der Waals surface area (Å²) in [5.41, 5.74) is 0.576. The Morgan fingerprint density at radius 3 is 2.65 bits per heavy atom. The Morgan fingerprint density at radius 1 is 1.30 bits per heavy atom. The molecule has 0 radical (unpaired) electrons. The fourth-order valence-corrected chi connectivity index (χ4v) is 2.16. The number of carbonyl (C=O) groups is 1. The average Bonchev–Trinajstić information content (AvgIpc) is 2.37. The first-order valence-electron chi connectivity index (χ1n) is 6.37. The lowest BCUT2D eigenvalue weighted by Gasteiger charge is -2.11. The van der Waals surface area contributed by atoms with Crippen molar-refractivity contribution in [2.45, 2.75) is 13.3 Å². The van der Waals surface area contributed by atoms with Gasteiger partial charge in [-0.2, -0.15) is 0 Å². The van der Waals surface area contributed by atoms with E-state index < -0.39 is 10.0 Å². The molecule has 0 unspecified atom stereocenters. The molecular weight excluding hydrogens is 280 g/mol. The fraction of sp³-hybridized carbons (Fsp3) is 0.462. The molecule has 0 aliphatic heterocycles. The summed E-state index contributed by atoms with van der Waals surface area (Å²) in [7, 11) is -3.42. The molecule has 1 rings (SSSR count). The lowest BCUT2D eigenvalue weighted by molar-refractivity contribution is 0.0945. The second-order valence-corrected chi connectivity index (χ2v) is 5.97. The monoisotopic (exact) mass is 300 g/mol. The van der Waals surface area contributed by atoms with Crippen LogP contribution in [-0.2, 0) is 14.8 Å². The number of rotatable bonds is 8. The van der Waals surface area contributed by atoms with Crippen LogP contribution in [0.25, 0.3) is 0 Å². The Balaban J connectivity index is 2.63. The first kappa shape index (κ1) is 16.5. The highest BCUT2D eigenvalue weighted by molar-refractivity contribution is 7.92. The van der Waals surface area contributed by atoms with Crippen LogP contribution in [0, 0.1) is 0 Å². The minimum Gasteiger partial charge on any atom is -0.382 e. The van der Waals surface area contributed by atoms with E-state index in [1.54, 1.807) is 24.3 Å². The van der Waals surface area contributed by atoms with Crippen LogP contribution in [0.4, 0.5) is 5.69 Å². The van der Waals surface area contributed by atoms with Crippen molar-refractivity contribution in [1.82, 2.24) is 5.32 Å². The van der Waals surface area contributed by atoms with Gasteiger partial charge < -0.3 is 10.1 Å². The number of hydrogen-bond acceptors (Lipinski definition) is 4. The van der Waals surface area contributed by atoms with E-state index in [4.69, 9.17) is 4.74 Å². The lowest BCUT2D eigenvalue weighted by Crippen LogP contribution is -2.26. The van der Waals surface area contributed by atoms with E-state index in [-0.39, 0.29) is 11.6 Å². The lowest BCUT2D eigenvalue weighted by atomic mass is 10.1. The predicted octanol–water partition coefficient (Wildman–Crippen LogP) is 1.21. The van der Waals surface area contributed by atoms with E-state index in [0.29, 0.717) is 31.7 Å². The summed E-state index contributed by atoms with van der Waals surface area (Å²) in [6.45, 7) is 3.62. The van der Waals surface area contributed by atoms with Gasteiger partial charge in [0.2, 0.25) is 10.0 Å². The zero-order chi connectivity index (χ0) is 15.0. The van der Waals surface area contributed by atoms with Crippen molar-refractivity contribution in [3.05, 3.63) is 29.8 Å². The number of benzene rings is 1. The van der Waals surface area contributed by atoms with Crippen LogP contribution < -0.4 is 10.0 Å². The zero-order valence-electron chi connectivity index (χ0n) is 11.7. The van der Waals surface area contributed by atoms with Gasteiger partial charge in [0.05, 0.1) is 17.5 Å². The molecular formula is C13H20N2O4S. The van der Waals surface area contributed by atoms with Gasteiger partial charge in [-0.3, -0.25) is 9.52 Å². The number of amides is 1. The molecule has 1 amide bonds. The van der Waals surface area contributed by atoms with Gasteiger partial charge in [0.25, 0.3) is 5.91 Å². The molecule has 2 N–H and O–H groups in total. The van der Waals surface area contributed by atoms with Crippen molar-refractivity contribution >= 4 is 21.6 Å². The summed E-state index contributed by atoms with van der Waals surface area (Å²) < 4.78 is 30.0. The molecule has 112 valence electrons. The maximum absolute atomic E-state index is 12.0. The summed E-state index contributed by atoms with van der Waals surface area (Å²) in [5.74, 6) is -0.312. The van der Waals surface area contributed by atoms with Crippen LogP contribution in [0.5, 0.6) is 0 Å². The third-order valence-electron chi connectivity index (χ3n) is 2.42. The van der Waals surface area contributed by atoms with Crippen molar-refractivity contribution in [3.63, 3.8) is 0 Å². The van der Waals surface area contributed by atoms with Gasteiger partial charge in [-0.1, -0.05) is 12.1 Å². The summed E-state index contributed by atoms with van der Waals surface area (Å²) in [6, 6.07) is 6.48. The van der Waals surface area contributed by atoms with E-state index >= 15 is 0 Å². The maximum atomic E-state index is 12.0. The Bertz CT molecular complexity index is 543. The number of para-hydroxylation sites is 1. The molecule has 0 atom stereocenters. The molecule has 7 heteroatoms. The predicted molar refractivity (Wildman–Crippen MR) is 78.4 cm³/mol. The van der Waals surface area contributed by atoms with E-state index in [0.717, 1.165) is 6.26 Å². The van der Waals surface area contributed by atoms with Gasteiger partial charge in [-0.05, 0) is 25.5 Å². The highest BCUT2D eigenvalue weighted by Gasteiger charge is 2.12. The van der Waals surface area contributed by atoms with Gasteiger partial charge >= 0.3 is 0 Å². The number of sulfonamides is 1. The Morgan fingerprint density at radius 2 is 2.00 bits per heavy atom. The first-order valence-corrected chi connectivity index (χ1v) is 8.26. The Labute approximate surface area is 119 Å². The fourth-order valence-electron chi connectivity index (χ4n) is 1.59. The molecule has 0 fully saturated rings. The number of nitrogens with one attached hydrogen (secondary N) is 2. The molecule has 0 saturated heterocycles. The normalized spacial score (nSPS) is 11.1. The van der Waals surface area contributed by atoms with Crippen LogP contribution in [0.3, 0.4) is 0 Å². The van der Waals surface area contributed by atoms with Crippen molar-refractivity contribution < 1.29 is 17.9 Å². The topological polar surface area (TPSA) is 84.5 Å². The number of carbonyl (C=O) groups excluding carboxylic acids is 1. The molecule has 0 heterocycles. The van der Waals surface area contributed by atoms with Crippen LogP contribution in [0.1, 0.15) is 23.7 Å². The number of hydrogen-bond donors (Lipinski definition) is 2. The number of anilines is 1. The van der Waals surface area contributed by atoms with Gasteiger partial charge in [0.1, 0.15) is 0 Å². The van der Waals surface area contributed by atoms with Crippen molar-refractivity contribution in [1.29, 1.82) is 0 Å². The maximum Gasteiger partial charge on any atom is 0.253 e. The van der Waals surface area contributed by atoms with Crippen LogP contribution >= 0.6 is 0 Å². The van der Waals surface area contributed by atoms with E-state index in [2.05, 4.69) is 10.0 Å². The number of ether oxygens (including phenoxy) is 1. The summed E-state index contributed by atoms with van der Waals surface area (Å²) in [4.78, 5) is 12.0. The highest BCUT2D eigenvalue weighted by Crippen LogP contribution is 2.15. The minimum absolute atomic E-state index is 0.275. The summed E-state index contributed by atoms with van der Waals surface area (Å²) in [6.07, 6.45) is 1.75. The molecule has 1 aromatic rings. The van der Waals surface area contributed by atoms with Crippen molar-refractivity contribution in [2.24, 2.45) is 0 Å². The van der Waals surface area contributed by atoms with Gasteiger partial charge in [-0.15, -0.1) is 0 Å². The van der Waals surface area contributed by atoms with Crippen molar-refractivity contribution in [2.75, 3.05) is 30.7 Å². The van der Waals surface area contributed by atoms with Crippen LogP contribution in [0.15, 0.2) is 24.3 Å². The van der Waals surface area contributed by atoms with Gasteiger partial charge in [0, 0.05) is 19.8 Å². The molecule has 0 bridgehead atoms. The molecule has 6 nitrogen and oxygen atoms in total. The van der Waals surface area contributed by atoms with Gasteiger partial charge in [-0.25, -0.2) is 8.42 Å². The van der Waals surface area contributed by atoms with Crippen molar-refractivity contribution in [3.8, 4) is 0 Å². The molecule has 0 aromatic heterocycles. The van der Waals surface area contributed by atoms with E-state index in [9.17, 15) is 13.2 Å². The molecule has 0 aliphatic carbocycles. The van der Waals surface area contributed by atoms with Crippen LogP contribution in [0.2, 0.25) is 0 Å². The molecule has 20 heavy (non-hydrogen) atoms. The smallest absolute Gasteiger partial charge is 0.253 e. The largest absolute Gasteiger partial charge is 0.382 e. The summed E-state index contributed by atoms with van der Waals surface area (Å²) >= 11 is 0. The summed E-state index contributed by atoms with van der Waals surface area (Å²) in [5, 5.41) is 2.73. The third kappa shape index (κ3) is 6.03. The first-order chi connectivity index (χ1) is 9.44. The quantitative estimate of drug-likeness (QED) is 0.707. The molecule has 0 aliphatic rings. The standard InChI is InChI=1S/C13H20N2O4S/c1-3-19-10-6-9-14-13(16)11-7-4-5-8-12(11)15-20(2,17)18/h4-5,7-8,15H,3,6,9-10H2,1-2H3,(H,14,16). The third-order valence-corrected chi connectivity index (χ3v) is 3.01. The van der Waals surface area contributed by atoms with E-state index in [1.165, 1.54) is 0 Å². The second-order valence-electron chi connectivity index (χ2n) is 4.23. The molecule has 1 aromatic carbocycles. The van der Waals surface area contributed by atoms with E-state index in [1.807, 2.05) is 6.92 Å². The Kier molecular flexibility index (Phi) is 6.47. The van der Waals surface area contributed by atoms with Crippen LogP contribution in [-0.4, -0.2) is 40.3 Å². The zero-order valence-corrected chi connectivity index (χ0v) is 12.5. The highest BCUT2D eigenvalue weighted by atomic mass is 32.2. The second kappa shape index (κ2) is 7.86. The Hall–Kier alpha value is -1.60. The average molecular weight is 300 g/mol. The molecule has 0 spiro atoms.